The Morgan fingerprint density at radius 3 is 2.59 bits per heavy atom. The fourth-order valence-corrected chi connectivity index (χ4v) is 3.36. The van der Waals surface area contributed by atoms with Crippen LogP contribution in [0, 0.1) is 0 Å². The van der Waals surface area contributed by atoms with Crippen molar-refractivity contribution in [2.75, 3.05) is 4.90 Å². The Morgan fingerprint density at radius 2 is 1.88 bits per heavy atom. The smallest absolute Gasteiger partial charge is 0.236 e. The molecule has 0 fully saturated rings. The van der Waals surface area contributed by atoms with Gasteiger partial charge in [0.05, 0.1) is 27.8 Å². The number of fused-ring (bicyclic) bond motifs is 1. The highest BCUT2D eigenvalue weighted by atomic mass is 35.5. The number of hydrogen-bond acceptors (Lipinski definition) is 2. The van der Waals surface area contributed by atoms with Gasteiger partial charge in [-0.2, -0.15) is 0 Å². The minimum Gasteiger partial charge on any atom is -0.277 e. The third-order valence-corrected chi connectivity index (χ3v) is 4.10. The maximum Gasteiger partial charge on any atom is 0.236 e. The van der Waals surface area contributed by atoms with Gasteiger partial charge in [0.1, 0.15) is 0 Å². The summed E-state index contributed by atoms with van der Waals surface area (Å²) in [6.07, 6.45) is 0.417. The minimum absolute atomic E-state index is 0.0119. The fourth-order valence-electron chi connectivity index (χ4n) is 1.97. The first kappa shape index (κ1) is 11.1. The number of amides is 1. The number of anilines is 2. The Balaban J connectivity index is 2.20. The first-order valence-corrected chi connectivity index (χ1v) is 6.70. The van der Waals surface area contributed by atoms with Crippen molar-refractivity contribution < 1.29 is 4.79 Å². The van der Waals surface area contributed by atoms with Crippen LogP contribution in [0.4, 0.5) is 11.4 Å². The second kappa shape index (κ2) is 4.02. The van der Waals surface area contributed by atoms with Gasteiger partial charge >= 0.3 is 0 Å². The van der Waals surface area contributed by atoms with Gasteiger partial charge < -0.3 is 0 Å². The van der Waals surface area contributed by atoms with Crippen molar-refractivity contribution in [1.29, 1.82) is 0 Å². The van der Waals surface area contributed by atoms with Crippen LogP contribution >= 0.6 is 34.5 Å². The molecule has 0 N–H and O–H groups in total. The van der Waals surface area contributed by atoms with Gasteiger partial charge in [0, 0.05) is 5.38 Å². The zero-order chi connectivity index (χ0) is 12.0. The molecule has 2 nitrogen and oxygen atoms in total. The fraction of sp³-hybridized carbons (Fsp3) is 0.0833. The molecule has 1 aromatic heterocycles. The van der Waals surface area contributed by atoms with Crippen LogP contribution in [0.25, 0.3) is 0 Å². The Morgan fingerprint density at radius 1 is 1.18 bits per heavy atom. The molecule has 17 heavy (non-hydrogen) atoms. The van der Waals surface area contributed by atoms with Crippen molar-refractivity contribution in [1.82, 2.24) is 0 Å². The van der Waals surface area contributed by atoms with E-state index in [1.807, 2.05) is 10.8 Å². The molecule has 86 valence electrons. The normalized spacial score (nSPS) is 14.2. The Bertz CT molecular complexity index is 588. The quantitative estimate of drug-likeness (QED) is 0.765. The van der Waals surface area contributed by atoms with Gasteiger partial charge in [-0.15, -0.1) is 11.3 Å². The lowest BCUT2D eigenvalue weighted by Crippen LogP contribution is -2.21. The summed E-state index contributed by atoms with van der Waals surface area (Å²) in [6.45, 7) is 0. The van der Waals surface area contributed by atoms with Crippen LogP contribution in [0.3, 0.4) is 0 Å². The number of nitrogens with zero attached hydrogens (tertiary/aromatic N) is 1. The summed E-state index contributed by atoms with van der Waals surface area (Å²) in [5.41, 5.74) is 2.52. The zero-order valence-corrected chi connectivity index (χ0v) is 10.9. The summed E-state index contributed by atoms with van der Waals surface area (Å²) in [5, 5.41) is 4.91. The molecule has 5 heteroatoms. The second-order valence-electron chi connectivity index (χ2n) is 3.76. The average molecular weight is 284 g/mol. The number of thiophene rings is 1. The van der Waals surface area contributed by atoms with Gasteiger partial charge in [0.15, 0.2) is 0 Å². The van der Waals surface area contributed by atoms with Gasteiger partial charge in [0.2, 0.25) is 5.91 Å². The lowest BCUT2D eigenvalue weighted by molar-refractivity contribution is -0.116. The summed E-state index contributed by atoms with van der Waals surface area (Å²) in [5.74, 6) is 0.0119. The molecule has 0 bridgehead atoms. The summed E-state index contributed by atoms with van der Waals surface area (Å²) >= 11 is 13.8. The molecule has 0 atom stereocenters. The molecule has 1 aliphatic rings. The SMILES string of the molecule is O=C1Cc2cscc2N1c1c(Cl)cccc1Cl. The van der Waals surface area contributed by atoms with E-state index in [4.69, 9.17) is 23.2 Å². The molecule has 0 unspecified atom stereocenters. The number of para-hydroxylation sites is 1. The van der Waals surface area contributed by atoms with Crippen LogP contribution in [0.2, 0.25) is 10.0 Å². The van der Waals surface area contributed by atoms with Crippen molar-refractivity contribution in [3.63, 3.8) is 0 Å². The number of rotatable bonds is 1. The van der Waals surface area contributed by atoms with Crippen molar-refractivity contribution >= 4 is 51.8 Å². The molecule has 1 aromatic carbocycles. The zero-order valence-electron chi connectivity index (χ0n) is 8.61. The lowest BCUT2D eigenvalue weighted by Gasteiger charge is -2.19. The van der Waals surface area contributed by atoms with Crippen molar-refractivity contribution in [2.24, 2.45) is 0 Å². The molecule has 0 saturated carbocycles. The van der Waals surface area contributed by atoms with Crippen LogP contribution < -0.4 is 4.90 Å². The highest BCUT2D eigenvalue weighted by Gasteiger charge is 2.31. The van der Waals surface area contributed by atoms with Crippen LogP contribution in [0.1, 0.15) is 5.56 Å². The van der Waals surface area contributed by atoms with Gasteiger partial charge in [-0.25, -0.2) is 0 Å². The molecular weight excluding hydrogens is 277 g/mol. The minimum atomic E-state index is 0.0119. The standard InChI is InChI=1S/C12H7Cl2NOS/c13-8-2-1-3-9(14)12(8)15-10-6-17-5-7(10)4-11(15)16/h1-3,5-6H,4H2. The highest BCUT2D eigenvalue weighted by molar-refractivity contribution is 7.08. The van der Waals surface area contributed by atoms with E-state index in [2.05, 4.69) is 0 Å². The molecule has 2 aromatic rings. The predicted octanol–water partition coefficient (Wildman–Crippen LogP) is 4.28. The first-order valence-electron chi connectivity index (χ1n) is 5.00. The van der Waals surface area contributed by atoms with Gasteiger partial charge in [-0.3, -0.25) is 9.69 Å². The van der Waals surface area contributed by atoms with Gasteiger partial charge in [-0.1, -0.05) is 29.3 Å². The van der Waals surface area contributed by atoms with E-state index in [-0.39, 0.29) is 5.91 Å². The van der Waals surface area contributed by atoms with Crippen molar-refractivity contribution in [2.45, 2.75) is 6.42 Å². The maximum absolute atomic E-state index is 12.0. The summed E-state index contributed by atoms with van der Waals surface area (Å²) in [6, 6.07) is 5.24. The topological polar surface area (TPSA) is 20.3 Å². The van der Waals surface area contributed by atoms with Gasteiger partial charge in [-0.05, 0) is 23.1 Å². The van der Waals surface area contributed by atoms with E-state index < -0.39 is 0 Å². The molecular formula is C12H7Cl2NOS. The Labute approximate surface area is 112 Å². The van der Waals surface area contributed by atoms with E-state index in [9.17, 15) is 4.79 Å². The summed E-state index contributed by atoms with van der Waals surface area (Å²) in [4.78, 5) is 13.6. The van der Waals surface area contributed by atoms with E-state index in [0.29, 0.717) is 22.2 Å². The molecule has 0 radical (unpaired) electrons. The molecule has 2 heterocycles. The summed E-state index contributed by atoms with van der Waals surface area (Å²) in [7, 11) is 0. The van der Waals surface area contributed by atoms with Crippen molar-refractivity contribution in [3.05, 3.63) is 44.6 Å². The third kappa shape index (κ3) is 1.66. The second-order valence-corrected chi connectivity index (χ2v) is 5.32. The highest BCUT2D eigenvalue weighted by Crippen LogP contribution is 2.43. The largest absolute Gasteiger partial charge is 0.277 e. The molecule has 0 aliphatic carbocycles. The van der Waals surface area contributed by atoms with Crippen LogP contribution in [0.15, 0.2) is 29.0 Å². The van der Waals surface area contributed by atoms with Gasteiger partial charge in [0.25, 0.3) is 0 Å². The van der Waals surface area contributed by atoms with E-state index in [0.717, 1.165) is 11.3 Å². The number of carbonyl (C=O) groups is 1. The third-order valence-electron chi connectivity index (χ3n) is 2.71. The van der Waals surface area contributed by atoms with E-state index in [1.54, 1.807) is 34.4 Å². The van der Waals surface area contributed by atoms with E-state index in [1.165, 1.54) is 0 Å². The number of benzene rings is 1. The number of carbonyl (C=O) groups excluding carboxylic acids is 1. The lowest BCUT2D eigenvalue weighted by atomic mass is 10.3. The molecule has 1 aliphatic heterocycles. The monoisotopic (exact) mass is 283 g/mol. The molecule has 0 spiro atoms. The first-order chi connectivity index (χ1) is 8.18. The number of hydrogen-bond donors (Lipinski definition) is 0. The molecule has 0 saturated heterocycles. The van der Waals surface area contributed by atoms with Crippen molar-refractivity contribution in [3.8, 4) is 0 Å². The number of halogens is 2. The van der Waals surface area contributed by atoms with Crippen LogP contribution in [-0.4, -0.2) is 5.91 Å². The van der Waals surface area contributed by atoms with Crippen LogP contribution in [-0.2, 0) is 11.2 Å². The Hall–Kier alpha value is -1.03. The van der Waals surface area contributed by atoms with E-state index >= 15 is 0 Å². The molecule has 3 rings (SSSR count). The molecule has 1 amide bonds. The van der Waals surface area contributed by atoms with Crippen LogP contribution in [0.5, 0.6) is 0 Å². The maximum atomic E-state index is 12.0. The average Bonchev–Trinajstić information content (AvgIpc) is 2.81. The summed E-state index contributed by atoms with van der Waals surface area (Å²) < 4.78 is 0. The predicted molar refractivity (Wildman–Crippen MR) is 71.6 cm³/mol. The Kier molecular flexibility index (Phi) is 2.62.